The first-order valence-corrected chi connectivity index (χ1v) is 7.30. The molecule has 0 amide bonds. The molecule has 0 bridgehead atoms. The van der Waals surface area contributed by atoms with Gasteiger partial charge in [0, 0.05) is 12.1 Å². The van der Waals surface area contributed by atoms with Crippen molar-refractivity contribution in [2.45, 2.75) is 71.8 Å². The van der Waals surface area contributed by atoms with Crippen LogP contribution >= 0.6 is 0 Å². The molecule has 1 rings (SSSR count). The molecule has 1 atom stereocenters. The highest BCUT2D eigenvalue weighted by atomic mass is 15.0. The van der Waals surface area contributed by atoms with Crippen molar-refractivity contribution in [1.82, 2.24) is 5.32 Å². The van der Waals surface area contributed by atoms with E-state index in [-0.39, 0.29) is 5.54 Å². The highest BCUT2D eigenvalue weighted by Gasteiger charge is 2.25. The second-order valence-corrected chi connectivity index (χ2v) is 7.34. The van der Waals surface area contributed by atoms with Crippen LogP contribution in [0.4, 0.5) is 0 Å². The van der Waals surface area contributed by atoms with E-state index in [1.807, 2.05) is 0 Å². The van der Waals surface area contributed by atoms with Gasteiger partial charge in [-0.1, -0.05) is 40.0 Å². The van der Waals surface area contributed by atoms with Crippen LogP contribution in [0.2, 0.25) is 0 Å². The molecule has 1 aliphatic carbocycles. The Kier molecular flexibility index (Phi) is 5.46. The van der Waals surface area contributed by atoms with Gasteiger partial charge in [0.05, 0.1) is 0 Å². The van der Waals surface area contributed by atoms with Crippen molar-refractivity contribution in [2.24, 2.45) is 17.1 Å². The number of rotatable bonds is 7. The monoisotopic (exact) mass is 240 g/mol. The van der Waals surface area contributed by atoms with Gasteiger partial charge in [-0.15, -0.1) is 0 Å². The van der Waals surface area contributed by atoms with Gasteiger partial charge in [-0.2, -0.15) is 0 Å². The van der Waals surface area contributed by atoms with Crippen molar-refractivity contribution < 1.29 is 0 Å². The van der Waals surface area contributed by atoms with Crippen molar-refractivity contribution in [3.05, 3.63) is 0 Å². The summed E-state index contributed by atoms with van der Waals surface area (Å²) in [5.74, 6) is 0.993. The fraction of sp³-hybridized carbons (Fsp3) is 1.00. The van der Waals surface area contributed by atoms with E-state index in [0.717, 1.165) is 19.0 Å². The smallest absolute Gasteiger partial charge is 0.0275 e. The van der Waals surface area contributed by atoms with Gasteiger partial charge in [-0.3, -0.25) is 0 Å². The van der Waals surface area contributed by atoms with Gasteiger partial charge in [-0.05, 0) is 44.1 Å². The van der Waals surface area contributed by atoms with E-state index in [4.69, 9.17) is 5.73 Å². The lowest BCUT2D eigenvalue weighted by molar-refractivity contribution is 0.242. The molecule has 1 saturated carbocycles. The summed E-state index contributed by atoms with van der Waals surface area (Å²) >= 11 is 0. The summed E-state index contributed by atoms with van der Waals surface area (Å²) in [6, 6.07) is 0. The van der Waals surface area contributed by atoms with Crippen LogP contribution in [0, 0.1) is 11.3 Å². The first-order valence-electron chi connectivity index (χ1n) is 7.30. The number of nitrogens with one attached hydrogen (secondary N) is 1. The Hall–Kier alpha value is -0.0800. The summed E-state index contributed by atoms with van der Waals surface area (Å²) < 4.78 is 0. The van der Waals surface area contributed by atoms with Crippen LogP contribution in [0.3, 0.4) is 0 Å². The maximum Gasteiger partial charge on any atom is 0.0275 e. The third kappa shape index (κ3) is 5.87. The highest BCUT2D eigenvalue weighted by Crippen LogP contribution is 2.29. The Morgan fingerprint density at radius 3 is 2.18 bits per heavy atom. The molecule has 0 heterocycles. The van der Waals surface area contributed by atoms with Crippen LogP contribution in [0.5, 0.6) is 0 Å². The number of nitrogens with two attached hydrogens (primary N) is 1. The second-order valence-electron chi connectivity index (χ2n) is 7.34. The molecule has 102 valence electrons. The topological polar surface area (TPSA) is 38.0 Å². The van der Waals surface area contributed by atoms with E-state index in [1.165, 1.54) is 38.5 Å². The van der Waals surface area contributed by atoms with Crippen molar-refractivity contribution in [3.63, 3.8) is 0 Å². The van der Waals surface area contributed by atoms with Crippen molar-refractivity contribution in [2.75, 3.05) is 13.1 Å². The van der Waals surface area contributed by atoms with Crippen LogP contribution in [-0.2, 0) is 0 Å². The predicted octanol–water partition coefficient (Wildman–Crippen LogP) is 3.31. The summed E-state index contributed by atoms with van der Waals surface area (Å²) in [6.07, 6.45) is 8.09. The van der Waals surface area contributed by atoms with E-state index >= 15 is 0 Å². The Balaban J connectivity index is 2.23. The van der Waals surface area contributed by atoms with Gasteiger partial charge in [0.2, 0.25) is 0 Å². The molecule has 0 radical (unpaired) electrons. The fourth-order valence-corrected chi connectivity index (χ4v) is 2.27. The zero-order valence-corrected chi connectivity index (χ0v) is 12.3. The molecule has 0 saturated heterocycles. The van der Waals surface area contributed by atoms with Crippen LogP contribution in [0.25, 0.3) is 0 Å². The average Bonchev–Trinajstić information content (AvgIpc) is 2.18. The molecule has 2 nitrogen and oxygen atoms in total. The molecule has 0 aliphatic heterocycles. The van der Waals surface area contributed by atoms with Crippen LogP contribution in [-0.4, -0.2) is 18.6 Å². The maximum atomic E-state index is 5.94. The first kappa shape index (κ1) is 15.0. The molecule has 0 aromatic rings. The first-order chi connectivity index (χ1) is 7.85. The molecule has 1 unspecified atom stereocenters. The van der Waals surface area contributed by atoms with E-state index in [2.05, 4.69) is 33.0 Å². The van der Waals surface area contributed by atoms with Crippen molar-refractivity contribution in [3.8, 4) is 0 Å². The van der Waals surface area contributed by atoms with Crippen molar-refractivity contribution >= 4 is 0 Å². The van der Waals surface area contributed by atoms with Gasteiger partial charge in [0.25, 0.3) is 0 Å². The third-order valence-electron chi connectivity index (χ3n) is 4.21. The lowest BCUT2D eigenvalue weighted by Gasteiger charge is -2.34. The largest absolute Gasteiger partial charge is 0.329 e. The molecule has 3 N–H and O–H groups in total. The minimum Gasteiger partial charge on any atom is -0.329 e. The van der Waals surface area contributed by atoms with E-state index < -0.39 is 0 Å². The summed E-state index contributed by atoms with van der Waals surface area (Å²) in [7, 11) is 0. The Bertz CT molecular complexity index is 215. The quantitative estimate of drug-likeness (QED) is 0.716. The minimum absolute atomic E-state index is 0.136. The number of hydrogen-bond donors (Lipinski definition) is 2. The van der Waals surface area contributed by atoms with Crippen LogP contribution in [0.15, 0.2) is 0 Å². The fourth-order valence-electron chi connectivity index (χ4n) is 2.27. The van der Waals surface area contributed by atoms with Crippen LogP contribution < -0.4 is 11.1 Å². The number of hydrogen-bond acceptors (Lipinski definition) is 2. The summed E-state index contributed by atoms with van der Waals surface area (Å²) in [5.41, 5.74) is 6.48. The molecule has 0 aromatic carbocycles. The van der Waals surface area contributed by atoms with Gasteiger partial charge >= 0.3 is 0 Å². The minimum atomic E-state index is 0.136. The van der Waals surface area contributed by atoms with E-state index in [9.17, 15) is 0 Å². The SMILES string of the molecule is CC(C)(C)CCC(C)(CN)NCCC1CCC1. The van der Waals surface area contributed by atoms with E-state index in [0.29, 0.717) is 5.41 Å². The molecule has 0 aromatic heterocycles. The lowest BCUT2D eigenvalue weighted by atomic mass is 9.82. The predicted molar refractivity (Wildman–Crippen MR) is 76.1 cm³/mol. The zero-order chi connectivity index (χ0) is 12.9. The van der Waals surface area contributed by atoms with Crippen LogP contribution in [0.1, 0.15) is 66.2 Å². The van der Waals surface area contributed by atoms with Gasteiger partial charge in [0.1, 0.15) is 0 Å². The lowest BCUT2D eigenvalue weighted by Crippen LogP contribution is -2.49. The molecular formula is C15H32N2. The Morgan fingerprint density at radius 2 is 1.76 bits per heavy atom. The third-order valence-corrected chi connectivity index (χ3v) is 4.21. The summed E-state index contributed by atoms with van der Waals surface area (Å²) in [4.78, 5) is 0. The molecular weight excluding hydrogens is 208 g/mol. The standard InChI is InChI=1S/C15H32N2/c1-14(2,3)9-10-15(4,12-16)17-11-8-13-6-5-7-13/h13,17H,5-12,16H2,1-4H3. The molecule has 1 fully saturated rings. The maximum absolute atomic E-state index is 5.94. The van der Waals surface area contributed by atoms with Gasteiger partial charge in [-0.25, -0.2) is 0 Å². The molecule has 17 heavy (non-hydrogen) atoms. The van der Waals surface area contributed by atoms with E-state index in [1.54, 1.807) is 0 Å². The second kappa shape index (κ2) is 6.19. The zero-order valence-electron chi connectivity index (χ0n) is 12.3. The molecule has 1 aliphatic rings. The summed E-state index contributed by atoms with van der Waals surface area (Å²) in [6.45, 7) is 11.1. The molecule has 2 heteroatoms. The highest BCUT2D eigenvalue weighted by molar-refractivity contribution is 4.86. The van der Waals surface area contributed by atoms with Gasteiger partial charge in [0.15, 0.2) is 0 Å². The summed E-state index contributed by atoms with van der Waals surface area (Å²) in [5, 5.41) is 3.69. The van der Waals surface area contributed by atoms with Crippen molar-refractivity contribution in [1.29, 1.82) is 0 Å². The molecule has 0 spiro atoms. The normalized spacial score (nSPS) is 21.0. The Labute approximate surface area is 108 Å². The average molecular weight is 240 g/mol. The Morgan fingerprint density at radius 1 is 1.12 bits per heavy atom. The van der Waals surface area contributed by atoms with Gasteiger partial charge < -0.3 is 11.1 Å².